The third-order valence-electron chi connectivity index (χ3n) is 6.29. The van der Waals surface area contributed by atoms with E-state index < -0.39 is 0 Å². The highest BCUT2D eigenvalue weighted by atomic mass is 35.5. The fourth-order valence-electron chi connectivity index (χ4n) is 4.18. The molecule has 0 bridgehead atoms. The topological polar surface area (TPSA) is 70.6 Å². The minimum absolute atomic E-state index is 0.0998. The number of hydrogen-bond donors (Lipinski definition) is 1. The highest BCUT2D eigenvalue weighted by Crippen LogP contribution is 2.41. The zero-order chi connectivity index (χ0) is 21.2. The molecule has 1 saturated heterocycles. The van der Waals surface area contributed by atoms with E-state index in [2.05, 4.69) is 15.1 Å². The molecule has 31 heavy (non-hydrogen) atoms. The predicted molar refractivity (Wildman–Crippen MR) is 122 cm³/mol. The first-order valence-electron chi connectivity index (χ1n) is 11.5. The van der Waals surface area contributed by atoms with Crippen molar-refractivity contribution in [1.82, 2.24) is 20.2 Å². The molecule has 2 aromatic rings. The third-order valence-corrected chi connectivity index (χ3v) is 6.53. The van der Waals surface area contributed by atoms with Crippen LogP contribution in [0.4, 0.5) is 5.82 Å². The number of halogens is 1. The molecule has 1 N–H and O–H groups in total. The van der Waals surface area contributed by atoms with Crippen molar-refractivity contribution < 1.29 is 9.53 Å². The Labute approximate surface area is 188 Å². The number of nitrogens with zero attached hydrogens (tertiary/aromatic N) is 4. The molecule has 1 amide bonds. The van der Waals surface area contributed by atoms with Gasteiger partial charge in [0, 0.05) is 61.5 Å². The van der Waals surface area contributed by atoms with Crippen molar-refractivity contribution in [2.75, 3.05) is 50.8 Å². The van der Waals surface area contributed by atoms with Gasteiger partial charge in [0.25, 0.3) is 0 Å². The zero-order valence-corrected chi connectivity index (χ0v) is 18.6. The van der Waals surface area contributed by atoms with Gasteiger partial charge >= 0.3 is 0 Å². The van der Waals surface area contributed by atoms with E-state index in [0.29, 0.717) is 36.5 Å². The molecule has 0 atom stereocenters. The van der Waals surface area contributed by atoms with Crippen molar-refractivity contribution in [1.29, 1.82) is 0 Å². The number of amides is 1. The molecule has 8 heteroatoms. The normalized spacial score (nSPS) is 19.5. The summed E-state index contributed by atoms with van der Waals surface area (Å²) in [7, 11) is 0. The Kier molecular flexibility index (Phi) is 6.25. The van der Waals surface area contributed by atoms with Crippen molar-refractivity contribution in [3.8, 4) is 0 Å². The second-order valence-corrected chi connectivity index (χ2v) is 9.26. The van der Waals surface area contributed by atoms with Crippen LogP contribution in [0.5, 0.6) is 0 Å². The Bertz CT molecular complexity index is 941. The van der Waals surface area contributed by atoms with Gasteiger partial charge in [-0.15, -0.1) is 0 Å². The Morgan fingerprint density at radius 2 is 2.00 bits per heavy atom. The number of fused-ring (bicyclic) bond motifs is 1. The molecule has 5 rings (SSSR count). The highest BCUT2D eigenvalue weighted by molar-refractivity contribution is 6.31. The number of rotatable bonds is 9. The molecule has 3 aliphatic rings. The lowest BCUT2D eigenvalue weighted by Crippen LogP contribution is -2.41. The average molecular weight is 444 g/mol. The molecule has 1 aromatic heterocycles. The second kappa shape index (κ2) is 9.27. The molecule has 1 aliphatic heterocycles. The van der Waals surface area contributed by atoms with Crippen LogP contribution in [0.15, 0.2) is 18.2 Å². The largest absolute Gasteiger partial charge is 0.379 e. The van der Waals surface area contributed by atoms with E-state index >= 15 is 0 Å². The number of nitrogens with one attached hydrogen (secondary N) is 1. The summed E-state index contributed by atoms with van der Waals surface area (Å²) in [4.78, 5) is 26.9. The molecule has 166 valence electrons. The molecule has 0 unspecified atom stereocenters. The van der Waals surface area contributed by atoms with Crippen molar-refractivity contribution in [3.63, 3.8) is 0 Å². The fraction of sp³-hybridized carbons (Fsp3) is 0.609. The summed E-state index contributed by atoms with van der Waals surface area (Å²) in [6, 6.07) is 6.30. The lowest BCUT2D eigenvalue weighted by Gasteiger charge is -2.27. The number of aromatic nitrogens is 2. The lowest BCUT2D eigenvalue weighted by atomic mass is 10.2. The van der Waals surface area contributed by atoms with Gasteiger partial charge < -0.3 is 15.0 Å². The third kappa shape index (κ3) is 5.27. The van der Waals surface area contributed by atoms with Crippen LogP contribution in [0.2, 0.25) is 5.02 Å². The number of ether oxygens (including phenoxy) is 1. The molecular formula is C23H30ClN5O2. The molecule has 7 nitrogen and oxygen atoms in total. The quantitative estimate of drug-likeness (QED) is 0.642. The lowest BCUT2D eigenvalue weighted by molar-refractivity contribution is -0.121. The fourth-order valence-corrected chi connectivity index (χ4v) is 4.35. The van der Waals surface area contributed by atoms with Crippen LogP contribution in [0.1, 0.15) is 43.8 Å². The van der Waals surface area contributed by atoms with E-state index in [-0.39, 0.29) is 5.91 Å². The van der Waals surface area contributed by atoms with Gasteiger partial charge in [-0.25, -0.2) is 9.97 Å². The number of benzene rings is 1. The van der Waals surface area contributed by atoms with E-state index in [1.807, 2.05) is 18.2 Å². The van der Waals surface area contributed by atoms with Crippen molar-refractivity contribution in [2.24, 2.45) is 0 Å². The smallest absolute Gasteiger partial charge is 0.221 e. The Morgan fingerprint density at radius 3 is 2.74 bits per heavy atom. The van der Waals surface area contributed by atoms with Crippen LogP contribution in [0.25, 0.3) is 10.9 Å². The second-order valence-electron chi connectivity index (χ2n) is 8.82. The molecule has 0 spiro atoms. The van der Waals surface area contributed by atoms with Gasteiger partial charge in [-0.3, -0.25) is 9.69 Å². The van der Waals surface area contributed by atoms with Crippen LogP contribution < -0.4 is 10.2 Å². The maximum Gasteiger partial charge on any atom is 0.221 e. The Balaban J connectivity index is 1.25. The maximum atomic E-state index is 12.5. The van der Waals surface area contributed by atoms with Crippen LogP contribution in [-0.4, -0.2) is 72.8 Å². The number of carbonyl (C=O) groups excluding carboxylic acids is 1. The first-order valence-corrected chi connectivity index (χ1v) is 11.9. The average Bonchev–Trinajstić information content (AvgIpc) is 3.68. The summed E-state index contributed by atoms with van der Waals surface area (Å²) in [5.74, 6) is 2.45. The number of carbonyl (C=O) groups is 1. The summed E-state index contributed by atoms with van der Waals surface area (Å²) >= 11 is 6.24. The van der Waals surface area contributed by atoms with Crippen molar-refractivity contribution in [2.45, 2.75) is 44.1 Å². The highest BCUT2D eigenvalue weighted by Gasteiger charge is 2.33. The molecule has 2 saturated carbocycles. The first-order chi connectivity index (χ1) is 15.2. The summed E-state index contributed by atoms with van der Waals surface area (Å²) in [5.41, 5.74) is 0.903. The van der Waals surface area contributed by atoms with Crippen LogP contribution in [0.3, 0.4) is 0 Å². The molecule has 0 radical (unpaired) electrons. The first kappa shape index (κ1) is 20.9. The van der Waals surface area contributed by atoms with Gasteiger partial charge in [0.2, 0.25) is 5.91 Å². The van der Waals surface area contributed by atoms with Gasteiger partial charge in [-0.2, -0.15) is 0 Å². The summed E-state index contributed by atoms with van der Waals surface area (Å²) in [6.07, 6.45) is 5.07. The minimum atomic E-state index is 0.0998. The van der Waals surface area contributed by atoms with E-state index in [1.54, 1.807) is 0 Å². The standard InChI is InChI=1S/C23H30ClN5O2/c24-17-3-6-19-20(15-17)26-22(16-1-2-16)27-23(19)29(18-4-5-18)9-7-21(30)25-8-10-28-11-13-31-14-12-28/h3,6,15-16,18H,1-2,4-5,7-14H2,(H,25,30). The van der Waals surface area contributed by atoms with E-state index in [0.717, 1.165) is 81.1 Å². The molecule has 3 fully saturated rings. The Morgan fingerprint density at radius 1 is 1.19 bits per heavy atom. The van der Waals surface area contributed by atoms with Crippen LogP contribution >= 0.6 is 11.6 Å². The molecule has 2 heterocycles. The van der Waals surface area contributed by atoms with Gasteiger partial charge in [-0.05, 0) is 43.9 Å². The molecule has 1 aromatic carbocycles. The van der Waals surface area contributed by atoms with E-state index in [4.69, 9.17) is 26.3 Å². The van der Waals surface area contributed by atoms with Gasteiger partial charge in [0.1, 0.15) is 11.6 Å². The number of anilines is 1. The van der Waals surface area contributed by atoms with Gasteiger partial charge in [0.15, 0.2) is 0 Å². The molecular weight excluding hydrogens is 414 g/mol. The van der Waals surface area contributed by atoms with Crippen LogP contribution in [-0.2, 0) is 9.53 Å². The number of morpholine rings is 1. The predicted octanol–water partition coefficient (Wildman–Crippen LogP) is 2.97. The summed E-state index contributed by atoms with van der Waals surface area (Å²) in [6.45, 7) is 5.69. The number of hydrogen-bond acceptors (Lipinski definition) is 6. The molecule has 2 aliphatic carbocycles. The van der Waals surface area contributed by atoms with E-state index in [9.17, 15) is 4.79 Å². The van der Waals surface area contributed by atoms with Gasteiger partial charge in [-0.1, -0.05) is 11.6 Å². The summed E-state index contributed by atoms with van der Waals surface area (Å²) < 4.78 is 5.37. The monoisotopic (exact) mass is 443 g/mol. The zero-order valence-electron chi connectivity index (χ0n) is 17.9. The maximum absolute atomic E-state index is 12.5. The summed E-state index contributed by atoms with van der Waals surface area (Å²) in [5, 5.41) is 4.79. The van der Waals surface area contributed by atoms with Crippen molar-refractivity contribution in [3.05, 3.63) is 29.0 Å². The van der Waals surface area contributed by atoms with Gasteiger partial charge in [0.05, 0.1) is 18.7 Å². The van der Waals surface area contributed by atoms with Crippen molar-refractivity contribution >= 4 is 34.2 Å². The Hall–Kier alpha value is -1.96. The minimum Gasteiger partial charge on any atom is -0.379 e. The SMILES string of the molecule is O=C(CCN(c1nc(C2CC2)nc2cc(Cl)ccc12)C1CC1)NCCN1CCOCC1. The van der Waals surface area contributed by atoms with E-state index in [1.165, 1.54) is 0 Å². The van der Waals surface area contributed by atoms with Crippen LogP contribution in [0, 0.1) is 0 Å².